The van der Waals surface area contributed by atoms with Gasteiger partial charge in [-0.1, -0.05) is 0 Å². The lowest BCUT2D eigenvalue weighted by Gasteiger charge is -2.22. The third-order valence-corrected chi connectivity index (χ3v) is 40.5. The topological polar surface area (TPSA) is 33.1 Å². The maximum atomic E-state index is 2.47. The van der Waals surface area contributed by atoms with Gasteiger partial charge in [-0.2, -0.15) is 18.3 Å². The number of hydrogen-bond acceptors (Lipinski definition) is 0. The zero-order chi connectivity index (χ0) is 111. The van der Waals surface area contributed by atoms with Gasteiger partial charge in [0.25, 0.3) is 11.6 Å². The summed E-state index contributed by atoms with van der Waals surface area (Å²) in [6.07, 6.45) is 0. The first-order chi connectivity index (χ1) is 67.3. The number of fused-ring (bicyclic) bond motifs is 3. The highest BCUT2D eigenvalue weighted by atomic mass is 15.2. The highest BCUT2D eigenvalue weighted by molar-refractivity contribution is 6.03. The molecule has 0 N–H and O–H groups in total. The fraction of sp³-hybridized carbons (Fsp3) is 0.464. The van der Waals surface area contributed by atoms with Gasteiger partial charge in [-0.15, -0.1) is 0 Å². The summed E-state index contributed by atoms with van der Waals surface area (Å²) in [4.78, 5) is 0. The smallest absolute Gasteiger partial charge is 0.234 e. The normalized spacial score (nSPS) is 11.4. The second-order valence-electron chi connectivity index (χ2n) is 45.7. The number of benzene rings is 9. The standard InChI is InChI=1S/3C27H36N.C21H30N.2C18H27N2/c1-13-14(2)19(7)25(20(8)15(13)3)27-22(10)24-18(6)16(4)17(5)21(9)26(24)23(11)28(27)12;1-13-14(2)19(7)25(20(8)15(13)3)27-26-21(9)17(5)16(4)18(6)24(26)22(10)23(11)28(27)12;1-13-14(2)18(6)24(19(7)15(13)3)27-23(11)21(9)25-20(8)16(4)17(5)22(10)26(25)28(27)12;1-11-12(2)16(6)20(17(7)13(11)3)21-18(8)14(4)15(5)19(9)22(21)10;1-10-11(2)13(4)17(14(5)12(10)3)18-15(6)19(8)16(7)20(18)9;1-10-11(2)13(4)17(14(5)12(10)3)18-19(8)15(6)16(7)20(18)9/h3*1-12H3;1-10H3;2*1-9H3/q6*+1. The minimum absolute atomic E-state index is 1.28. The number of aromatic nitrogens is 8. The van der Waals surface area contributed by atoms with Crippen molar-refractivity contribution in [1.29, 1.82) is 0 Å². The molecule has 146 heavy (non-hydrogen) atoms. The van der Waals surface area contributed by atoms with Gasteiger partial charge in [0.15, 0.2) is 22.8 Å². The molecule has 0 bridgehead atoms. The third-order valence-electron chi connectivity index (χ3n) is 40.5. The molecule has 0 saturated carbocycles. The predicted molar refractivity (Wildman–Crippen MR) is 634 cm³/mol. The van der Waals surface area contributed by atoms with E-state index < -0.39 is 0 Å². The van der Waals surface area contributed by atoms with Crippen molar-refractivity contribution in [1.82, 2.24) is 9.13 Å². The molecular formula is C138H192N8+6. The predicted octanol–water partition coefficient (Wildman–Crippen LogP) is 32.5. The van der Waals surface area contributed by atoms with E-state index in [1.165, 1.54) is 413 Å². The molecule has 15 aromatic rings. The molecule has 778 valence electrons. The Morgan fingerprint density at radius 3 is 0.644 bits per heavy atom. The Morgan fingerprint density at radius 1 is 0.123 bits per heavy atom. The summed E-state index contributed by atoms with van der Waals surface area (Å²) in [5.74, 6) is 2.59. The second kappa shape index (κ2) is 42.8. The molecule has 0 aliphatic heterocycles. The van der Waals surface area contributed by atoms with Crippen molar-refractivity contribution in [3.8, 4) is 67.7 Å². The number of imidazole rings is 2. The van der Waals surface area contributed by atoms with E-state index in [4.69, 9.17) is 0 Å². The fourth-order valence-corrected chi connectivity index (χ4v) is 25.3. The Morgan fingerprint density at radius 2 is 0.336 bits per heavy atom. The molecule has 8 nitrogen and oxygen atoms in total. The van der Waals surface area contributed by atoms with Gasteiger partial charge in [-0.3, -0.25) is 0 Å². The molecule has 6 heterocycles. The number of rotatable bonds is 6. The lowest BCUT2D eigenvalue weighted by molar-refractivity contribution is -0.667. The van der Waals surface area contributed by atoms with E-state index in [-0.39, 0.29) is 0 Å². The SMILES string of the molecule is Cc1c(C)c(C)c(-c2c(C)c(C)c(C)c(C)[n+]2C)c(C)c1C.Cc1c(C)c(C)c(-c2c(C)c(C)c3c(C)c(C)c(C)c(C)c3[n+]2C)c(C)c1C.Cc1c(C)c(C)c(-c2c(C)c3c(C)c(C)c(C)c(C)c3c(C)[n+]2C)c(C)c1C.Cc1c(C)c(C)c(-c2c(C)n(C)c(C)[n+]2C)c(C)c1C.Cc1c(C)c(C)c(-c2c3c(C)c(C)c(C)c(C)c3c(C)c(C)[n+]2C)c(C)c1C.Cc1c(C)c(C)c(-c2n(C)c(C)c(C)[n+]2C)c(C)c1C. The molecule has 6 aromatic heterocycles. The Kier molecular flexibility index (Phi) is 34.2. The highest BCUT2D eigenvalue weighted by Gasteiger charge is 2.37. The van der Waals surface area contributed by atoms with Gasteiger partial charge in [0.2, 0.25) is 28.3 Å². The van der Waals surface area contributed by atoms with Crippen LogP contribution in [-0.4, -0.2) is 9.13 Å². The summed E-state index contributed by atoms with van der Waals surface area (Å²) in [5.41, 5.74) is 94.2. The average Bonchev–Trinajstić information content (AvgIpc) is 0.754. The van der Waals surface area contributed by atoms with Gasteiger partial charge < -0.3 is 0 Å². The molecule has 9 aromatic carbocycles. The van der Waals surface area contributed by atoms with Crippen molar-refractivity contribution in [2.45, 2.75) is 388 Å². The van der Waals surface area contributed by atoms with Gasteiger partial charge in [0, 0.05) is 98.2 Å². The maximum Gasteiger partial charge on any atom is 0.289 e. The van der Waals surface area contributed by atoms with E-state index in [0.29, 0.717) is 0 Å². The molecule has 0 atom stereocenters. The molecule has 15 rings (SSSR count). The fourth-order valence-electron chi connectivity index (χ4n) is 25.3. The molecule has 0 unspecified atom stereocenters. The summed E-state index contributed by atoms with van der Waals surface area (Å²) in [6, 6.07) is 0. The third kappa shape index (κ3) is 18.5. The summed E-state index contributed by atoms with van der Waals surface area (Å²) in [5, 5.41) is 7.18. The van der Waals surface area contributed by atoms with Gasteiger partial charge in [-0.25, -0.2) is 18.3 Å². The summed E-state index contributed by atoms with van der Waals surface area (Å²) in [6.45, 7) is 127. The molecule has 0 radical (unpaired) electrons. The zero-order valence-corrected chi connectivity index (χ0v) is 105. The number of aryl methyl sites for hydroxylation is 11. The van der Waals surface area contributed by atoms with Crippen molar-refractivity contribution in [3.63, 3.8) is 0 Å². The van der Waals surface area contributed by atoms with Crippen molar-refractivity contribution in [2.75, 3.05) is 0 Å². The molecular weight excluding hydrogens is 1770 g/mol. The van der Waals surface area contributed by atoms with Crippen molar-refractivity contribution >= 4 is 32.4 Å². The summed E-state index contributed by atoms with van der Waals surface area (Å²) >= 11 is 0. The lowest BCUT2D eigenvalue weighted by atomic mass is 9.83. The molecule has 0 aliphatic carbocycles. The zero-order valence-electron chi connectivity index (χ0n) is 105. The van der Waals surface area contributed by atoms with Crippen LogP contribution in [0.5, 0.6) is 0 Å². The number of hydrogen-bond donors (Lipinski definition) is 0. The minimum atomic E-state index is 1.28. The first-order valence-electron chi connectivity index (χ1n) is 53.9. The van der Waals surface area contributed by atoms with Crippen LogP contribution in [-0.2, 0) is 56.4 Å². The Labute approximate surface area is 887 Å². The van der Waals surface area contributed by atoms with Crippen LogP contribution in [0.25, 0.3) is 100 Å². The molecule has 0 saturated heterocycles. The first-order valence-corrected chi connectivity index (χ1v) is 53.9. The van der Waals surface area contributed by atoms with E-state index in [9.17, 15) is 0 Å². The van der Waals surface area contributed by atoms with Crippen molar-refractivity contribution < 1.29 is 27.4 Å². The van der Waals surface area contributed by atoms with E-state index in [1.54, 1.807) is 0 Å². The van der Waals surface area contributed by atoms with Crippen molar-refractivity contribution in [2.24, 2.45) is 56.4 Å². The van der Waals surface area contributed by atoms with Gasteiger partial charge in [-0.05, 0) is 578 Å². The lowest BCUT2D eigenvalue weighted by Crippen LogP contribution is -2.37. The Balaban J connectivity index is 0.000000181. The monoisotopic (exact) mass is 1960 g/mol. The molecule has 0 aliphatic rings. The molecule has 0 spiro atoms. The average molecular weight is 1960 g/mol. The van der Waals surface area contributed by atoms with Crippen LogP contribution >= 0.6 is 0 Å². The maximum absolute atomic E-state index is 2.47. The van der Waals surface area contributed by atoms with Crippen LogP contribution in [0.4, 0.5) is 0 Å². The largest absolute Gasteiger partial charge is 0.289 e. The van der Waals surface area contributed by atoms with Gasteiger partial charge in [0.1, 0.15) is 45.3 Å². The first kappa shape index (κ1) is 117. The van der Waals surface area contributed by atoms with Crippen LogP contribution in [0, 0.1) is 388 Å². The van der Waals surface area contributed by atoms with Crippen LogP contribution in [0.15, 0.2) is 0 Å². The summed E-state index contributed by atoms with van der Waals surface area (Å²) in [7, 11) is 17.6. The quantitative estimate of drug-likeness (QED) is 0.149. The van der Waals surface area contributed by atoms with E-state index in [0.717, 1.165) is 0 Å². The Bertz CT molecular complexity index is 7420. The van der Waals surface area contributed by atoms with Gasteiger partial charge in [0.05, 0.1) is 72.2 Å². The number of nitrogens with zero attached hydrogens (tertiary/aromatic N) is 8. The minimum Gasteiger partial charge on any atom is -0.234 e. The van der Waals surface area contributed by atoms with Gasteiger partial charge >= 0.3 is 0 Å². The van der Waals surface area contributed by atoms with E-state index in [1.807, 2.05) is 0 Å². The summed E-state index contributed by atoms with van der Waals surface area (Å²) < 4.78 is 18.9. The van der Waals surface area contributed by atoms with Crippen LogP contribution in [0.2, 0.25) is 0 Å². The van der Waals surface area contributed by atoms with E-state index in [2.05, 4.69) is 481 Å². The number of pyridine rings is 4. The van der Waals surface area contributed by atoms with Crippen LogP contribution < -0.4 is 27.4 Å². The molecule has 0 fully saturated rings. The molecule has 8 heteroatoms. The second-order valence-corrected chi connectivity index (χ2v) is 45.7. The van der Waals surface area contributed by atoms with Crippen molar-refractivity contribution in [3.05, 3.63) is 313 Å². The molecule has 0 amide bonds. The Hall–Kier alpha value is -11.2. The van der Waals surface area contributed by atoms with Crippen LogP contribution in [0.1, 0.15) is 313 Å². The van der Waals surface area contributed by atoms with Crippen LogP contribution in [0.3, 0.4) is 0 Å². The highest BCUT2D eigenvalue weighted by Crippen LogP contribution is 2.47. The van der Waals surface area contributed by atoms with E-state index >= 15 is 0 Å².